The number of ether oxygens (including phenoxy) is 1. The van der Waals surface area contributed by atoms with Gasteiger partial charge in [0.15, 0.2) is 5.78 Å². The Kier molecular flexibility index (Phi) is 7.71. The molecule has 4 amide bonds. The van der Waals surface area contributed by atoms with Gasteiger partial charge in [-0.1, -0.05) is 28.1 Å². The van der Waals surface area contributed by atoms with Crippen molar-refractivity contribution in [1.82, 2.24) is 20.4 Å². The van der Waals surface area contributed by atoms with Gasteiger partial charge >= 0.3 is 6.09 Å². The highest BCUT2D eigenvalue weighted by atomic mass is 79.9. The molecule has 1 heterocycles. The van der Waals surface area contributed by atoms with Gasteiger partial charge in [0.1, 0.15) is 12.6 Å². The Morgan fingerprint density at radius 2 is 1.76 bits per heavy atom. The van der Waals surface area contributed by atoms with Crippen LogP contribution >= 0.6 is 15.9 Å². The molecule has 0 saturated carbocycles. The first-order valence-electron chi connectivity index (χ1n) is 8.66. The molecule has 1 aromatic carbocycles. The summed E-state index contributed by atoms with van der Waals surface area (Å²) >= 11 is 3.28. The number of alkyl carbamates (subject to hydrolysis) is 1. The number of rotatable bonds is 6. The van der Waals surface area contributed by atoms with Gasteiger partial charge in [-0.3, -0.25) is 19.2 Å². The highest BCUT2D eigenvalue weighted by molar-refractivity contribution is 9.10. The number of benzene rings is 1. The maximum atomic E-state index is 12.6. The van der Waals surface area contributed by atoms with Gasteiger partial charge in [-0.25, -0.2) is 4.79 Å². The molecule has 1 atom stereocenters. The molecule has 1 fully saturated rings. The number of hydrogen-bond donors (Lipinski definition) is 2. The first kappa shape index (κ1) is 22.3. The van der Waals surface area contributed by atoms with Crippen molar-refractivity contribution in [3.63, 3.8) is 0 Å². The SMILES string of the molecule is COC(=O)NCC(=O)N1CN(C(C)=O)C[C@H]1C(=O)NCC(=O)c1ccc(Br)cc1. The van der Waals surface area contributed by atoms with Crippen LogP contribution in [0.25, 0.3) is 0 Å². The van der Waals surface area contributed by atoms with E-state index in [0.717, 1.165) is 11.6 Å². The van der Waals surface area contributed by atoms with Gasteiger partial charge in [-0.05, 0) is 12.1 Å². The van der Waals surface area contributed by atoms with Crippen molar-refractivity contribution < 1.29 is 28.7 Å². The van der Waals surface area contributed by atoms with Gasteiger partial charge in [0.05, 0.1) is 26.9 Å². The van der Waals surface area contributed by atoms with Gasteiger partial charge in [0.25, 0.3) is 0 Å². The number of amides is 4. The average Bonchev–Trinajstić information content (AvgIpc) is 3.16. The first-order chi connectivity index (χ1) is 13.7. The average molecular weight is 469 g/mol. The van der Waals surface area contributed by atoms with Gasteiger partial charge in [0, 0.05) is 17.0 Å². The lowest BCUT2D eigenvalue weighted by molar-refractivity contribution is -0.138. The number of methoxy groups -OCH3 is 1. The summed E-state index contributed by atoms with van der Waals surface area (Å²) < 4.78 is 5.23. The second-order valence-electron chi connectivity index (χ2n) is 6.26. The third kappa shape index (κ3) is 6.01. The van der Waals surface area contributed by atoms with Crippen molar-refractivity contribution in [1.29, 1.82) is 0 Å². The molecule has 156 valence electrons. The van der Waals surface area contributed by atoms with Gasteiger partial charge in [-0.15, -0.1) is 0 Å². The summed E-state index contributed by atoms with van der Waals surface area (Å²) in [5.41, 5.74) is 0.431. The normalized spacial score (nSPS) is 15.6. The number of ketones is 1. The van der Waals surface area contributed by atoms with Crippen molar-refractivity contribution in [2.75, 3.05) is 33.4 Å². The topological polar surface area (TPSA) is 125 Å². The Balaban J connectivity index is 2.01. The number of nitrogens with one attached hydrogen (secondary N) is 2. The van der Waals surface area contributed by atoms with Crippen LogP contribution in [0.15, 0.2) is 28.7 Å². The van der Waals surface area contributed by atoms with E-state index in [4.69, 9.17) is 0 Å². The second-order valence-corrected chi connectivity index (χ2v) is 7.17. The Morgan fingerprint density at radius 3 is 2.34 bits per heavy atom. The lowest BCUT2D eigenvalue weighted by atomic mass is 10.1. The van der Waals surface area contributed by atoms with Gasteiger partial charge in [-0.2, -0.15) is 0 Å². The number of halogens is 1. The van der Waals surface area contributed by atoms with Crippen LogP contribution in [0.3, 0.4) is 0 Å². The third-order valence-electron chi connectivity index (χ3n) is 4.32. The summed E-state index contributed by atoms with van der Waals surface area (Å²) in [6.45, 7) is 0.597. The standard InChI is InChI=1S/C18H21BrN4O6/c1-11(24)22-9-14(23(10-22)16(26)8-21-18(28)29-2)17(27)20-7-15(25)12-3-5-13(19)6-4-12/h3-6,14H,7-10H2,1-2H3,(H,20,27)(H,21,28)/t14-/m0/s1. The second kappa shape index (κ2) is 10.0. The molecule has 1 aliphatic rings. The van der Waals surface area contributed by atoms with Crippen LogP contribution in [0, 0.1) is 0 Å². The summed E-state index contributed by atoms with van der Waals surface area (Å²) in [4.78, 5) is 62.6. The number of Topliss-reactive ketones (excluding diaryl/α,β-unsaturated/α-hetero) is 1. The molecule has 0 bridgehead atoms. The molecule has 29 heavy (non-hydrogen) atoms. The molecule has 1 aromatic rings. The van der Waals surface area contributed by atoms with Crippen LogP contribution in [0.2, 0.25) is 0 Å². The Morgan fingerprint density at radius 1 is 1.10 bits per heavy atom. The number of carbonyl (C=O) groups is 5. The summed E-state index contributed by atoms with van der Waals surface area (Å²) in [6.07, 6.45) is -0.790. The predicted octanol–water partition coefficient (Wildman–Crippen LogP) is 0.121. The molecule has 10 nitrogen and oxygen atoms in total. The Labute approximate surface area is 175 Å². The zero-order chi connectivity index (χ0) is 21.6. The van der Waals surface area contributed by atoms with E-state index in [1.54, 1.807) is 24.3 Å². The minimum atomic E-state index is -0.969. The quantitative estimate of drug-likeness (QED) is 0.571. The van der Waals surface area contributed by atoms with Crippen molar-refractivity contribution in [2.45, 2.75) is 13.0 Å². The fourth-order valence-electron chi connectivity index (χ4n) is 2.70. The van der Waals surface area contributed by atoms with E-state index in [9.17, 15) is 24.0 Å². The maximum Gasteiger partial charge on any atom is 0.407 e. The minimum Gasteiger partial charge on any atom is -0.453 e. The Bertz CT molecular complexity index is 813. The lowest BCUT2D eigenvalue weighted by Crippen LogP contribution is -2.50. The smallest absolute Gasteiger partial charge is 0.407 e. The van der Waals surface area contributed by atoms with Crippen LogP contribution in [0.4, 0.5) is 4.79 Å². The van der Waals surface area contributed by atoms with Crippen LogP contribution in [-0.2, 0) is 19.1 Å². The number of nitrogens with zero attached hydrogens (tertiary/aromatic N) is 2. The zero-order valence-corrected chi connectivity index (χ0v) is 17.5. The fraction of sp³-hybridized carbons (Fsp3) is 0.389. The highest BCUT2D eigenvalue weighted by Crippen LogP contribution is 2.15. The largest absolute Gasteiger partial charge is 0.453 e. The summed E-state index contributed by atoms with van der Waals surface area (Å²) in [6, 6.07) is 5.71. The highest BCUT2D eigenvalue weighted by Gasteiger charge is 2.39. The molecule has 1 saturated heterocycles. The molecule has 0 aliphatic carbocycles. The predicted molar refractivity (Wildman–Crippen MR) is 105 cm³/mol. The van der Waals surface area contributed by atoms with E-state index in [0.29, 0.717) is 5.56 Å². The molecule has 11 heteroatoms. The van der Waals surface area contributed by atoms with Crippen molar-refractivity contribution in [3.05, 3.63) is 34.3 Å². The van der Waals surface area contributed by atoms with Crippen molar-refractivity contribution in [2.24, 2.45) is 0 Å². The van der Waals surface area contributed by atoms with Crippen molar-refractivity contribution in [3.8, 4) is 0 Å². The minimum absolute atomic E-state index is 0.00238. The van der Waals surface area contributed by atoms with E-state index in [1.807, 2.05) is 0 Å². The van der Waals surface area contributed by atoms with Gasteiger partial charge < -0.3 is 25.2 Å². The molecule has 2 rings (SSSR count). The summed E-state index contributed by atoms with van der Waals surface area (Å²) in [7, 11) is 1.16. The number of carbonyl (C=O) groups excluding carboxylic acids is 5. The molecule has 1 aliphatic heterocycles. The van der Waals surface area contributed by atoms with E-state index in [-0.39, 0.29) is 38.0 Å². The van der Waals surface area contributed by atoms with E-state index in [2.05, 4.69) is 31.3 Å². The van der Waals surface area contributed by atoms with E-state index in [1.165, 1.54) is 16.7 Å². The molecule has 0 spiro atoms. The Hall–Kier alpha value is -2.95. The van der Waals surface area contributed by atoms with Crippen LogP contribution in [0.1, 0.15) is 17.3 Å². The molecule has 2 N–H and O–H groups in total. The van der Waals surface area contributed by atoms with Crippen LogP contribution in [-0.4, -0.2) is 78.9 Å². The van der Waals surface area contributed by atoms with E-state index < -0.39 is 23.9 Å². The lowest BCUT2D eigenvalue weighted by Gasteiger charge is -2.22. The monoisotopic (exact) mass is 468 g/mol. The number of hydrogen-bond acceptors (Lipinski definition) is 6. The van der Waals surface area contributed by atoms with Crippen LogP contribution in [0.5, 0.6) is 0 Å². The molecule has 0 radical (unpaired) electrons. The van der Waals surface area contributed by atoms with Crippen LogP contribution < -0.4 is 10.6 Å². The van der Waals surface area contributed by atoms with Crippen molar-refractivity contribution >= 4 is 45.5 Å². The van der Waals surface area contributed by atoms with Gasteiger partial charge in [0.2, 0.25) is 17.7 Å². The molecular formula is C18H21BrN4O6. The third-order valence-corrected chi connectivity index (χ3v) is 4.85. The molecule has 0 aromatic heterocycles. The molecular weight excluding hydrogens is 448 g/mol. The zero-order valence-electron chi connectivity index (χ0n) is 15.9. The first-order valence-corrected chi connectivity index (χ1v) is 9.45. The summed E-state index contributed by atoms with van der Waals surface area (Å²) in [5, 5.41) is 4.76. The van der Waals surface area contributed by atoms with E-state index >= 15 is 0 Å². The fourth-order valence-corrected chi connectivity index (χ4v) is 2.96. The summed E-state index contributed by atoms with van der Waals surface area (Å²) in [5.74, 6) is -1.72. The molecule has 0 unspecified atom stereocenters. The maximum absolute atomic E-state index is 12.6.